The highest BCUT2D eigenvalue weighted by molar-refractivity contribution is 4.79. The Morgan fingerprint density at radius 1 is 1.43 bits per heavy atom. The molecule has 14 heavy (non-hydrogen) atoms. The Labute approximate surface area is 87.7 Å². The van der Waals surface area contributed by atoms with Gasteiger partial charge in [0.05, 0.1) is 12.5 Å². The van der Waals surface area contributed by atoms with E-state index < -0.39 is 0 Å². The molecule has 2 atom stereocenters. The van der Waals surface area contributed by atoms with Gasteiger partial charge in [-0.3, -0.25) is 0 Å². The molecule has 0 radical (unpaired) electrons. The van der Waals surface area contributed by atoms with Gasteiger partial charge in [0.15, 0.2) is 0 Å². The van der Waals surface area contributed by atoms with Crippen LogP contribution in [0, 0.1) is 17.2 Å². The zero-order chi connectivity index (χ0) is 10.8. The SMILES string of the molecule is CCC(CC#N)NCCC(C)CCN. The molecule has 3 N–H and O–H groups in total. The molecular weight excluding hydrogens is 174 g/mol. The molecule has 0 rings (SSSR count). The van der Waals surface area contributed by atoms with Crippen molar-refractivity contribution in [3.05, 3.63) is 0 Å². The highest BCUT2D eigenvalue weighted by Gasteiger charge is 2.05. The molecule has 0 aromatic heterocycles. The van der Waals surface area contributed by atoms with Gasteiger partial charge in [0.1, 0.15) is 0 Å². The van der Waals surface area contributed by atoms with Crippen molar-refractivity contribution in [2.24, 2.45) is 11.7 Å². The Bertz CT molecular complexity index is 162. The summed E-state index contributed by atoms with van der Waals surface area (Å²) in [6.07, 6.45) is 3.89. The van der Waals surface area contributed by atoms with Crippen molar-refractivity contribution in [1.82, 2.24) is 5.32 Å². The van der Waals surface area contributed by atoms with Crippen molar-refractivity contribution < 1.29 is 0 Å². The average molecular weight is 197 g/mol. The van der Waals surface area contributed by atoms with E-state index in [2.05, 4.69) is 25.2 Å². The van der Waals surface area contributed by atoms with E-state index in [-0.39, 0.29) is 0 Å². The molecule has 82 valence electrons. The molecule has 0 saturated carbocycles. The monoisotopic (exact) mass is 197 g/mol. The second kappa shape index (κ2) is 8.98. The zero-order valence-electron chi connectivity index (χ0n) is 9.42. The van der Waals surface area contributed by atoms with E-state index in [1.54, 1.807) is 0 Å². The topological polar surface area (TPSA) is 61.8 Å². The molecular formula is C11H23N3. The summed E-state index contributed by atoms with van der Waals surface area (Å²) in [7, 11) is 0. The van der Waals surface area contributed by atoms with Crippen molar-refractivity contribution in [2.45, 2.75) is 45.6 Å². The number of hydrogen-bond donors (Lipinski definition) is 2. The fourth-order valence-corrected chi connectivity index (χ4v) is 1.43. The van der Waals surface area contributed by atoms with Gasteiger partial charge in [0.2, 0.25) is 0 Å². The van der Waals surface area contributed by atoms with Crippen LogP contribution in [0.4, 0.5) is 0 Å². The second-order valence-corrected chi connectivity index (χ2v) is 3.89. The molecule has 0 spiro atoms. The van der Waals surface area contributed by atoms with Crippen molar-refractivity contribution in [3.63, 3.8) is 0 Å². The van der Waals surface area contributed by atoms with Crippen molar-refractivity contribution in [1.29, 1.82) is 5.26 Å². The zero-order valence-corrected chi connectivity index (χ0v) is 9.42. The Morgan fingerprint density at radius 2 is 2.14 bits per heavy atom. The molecule has 2 unspecified atom stereocenters. The van der Waals surface area contributed by atoms with Gasteiger partial charge < -0.3 is 11.1 Å². The highest BCUT2D eigenvalue weighted by atomic mass is 14.9. The van der Waals surface area contributed by atoms with Gasteiger partial charge in [-0.05, 0) is 38.3 Å². The highest BCUT2D eigenvalue weighted by Crippen LogP contribution is 2.05. The van der Waals surface area contributed by atoms with Gasteiger partial charge in [-0.25, -0.2) is 0 Å². The van der Waals surface area contributed by atoms with Crippen molar-refractivity contribution >= 4 is 0 Å². The maximum Gasteiger partial charge on any atom is 0.0638 e. The minimum Gasteiger partial charge on any atom is -0.330 e. The molecule has 0 aliphatic carbocycles. The van der Waals surface area contributed by atoms with Crippen LogP contribution in [0.2, 0.25) is 0 Å². The first-order valence-corrected chi connectivity index (χ1v) is 5.55. The van der Waals surface area contributed by atoms with Crippen LogP contribution >= 0.6 is 0 Å². The molecule has 0 bridgehead atoms. The normalized spacial score (nSPS) is 14.7. The Hall–Kier alpha value is -0.590. The summed E-state index contributed by atoms with van der Waals surface area (Å²) in [6.45, 7) is 6.11. The molecule has 0 fully saturated rings. The molecule has 0 aliphatic rings. The third kappa shape index (κ3) is 6.88. The van der Waals surface area contributed by atoms with Crippen LogP contribution in [0.15, 0.2) is 0 Å². The summed E-state index contributed by atoms with van der Waals surface area (Å²) in [4.78, 5) is 0. The minimum absolute atomic E-state index is 0.366. The molecule has 3 heteroatoms. The molecule has 0 saturated heterocycles. The van der Waals surface area contributed by atoms with E-state index >= 15 is 0 Å². The fraction of sp³-hybridized carbons (Fsp3) is 0.909. The maximum absolute atomic E-state index is 8.55. The Morgan fingerprint density at radius 3 is 2.64 bits per heavy atom. The van der Waals surface area contributed by atoms with Crippen LogP contribution < -0.4 is 11.1 Å². The van der Waals surface area contributed by atoms with Crippen LogP contribution in [0.1, 0.15) is 39.5 Å². The molecule has 0 amide bonds. The van der Waals surface area contributed by atoms with E-state index in [1.165, 1.54) is 0 Å². The van der Waals surface area contributed by atoms with E-state index in [1.807, 2.05) is 0 Å². The third-order valence-corrected chi connectivity index (χ3v) is 2.56. The van der Waals surface area contributed by atoms with Crippen molar-refractivity contribution in [3.8, 4) is 6.07 Å². The first-order valence-electron chi connectivity index (χ1n) is 5.55. The molecule has 0 aromatic rings. The van der Waals surface area contributed by atoms with Gasteiger partial charge in [-0.15, -0.1) is 0 Å². The maximum atomic E-state index is 8.55. The number of hydrogen-bond acceptors (Lipinski definition) is 3. The van der Waals surface area contributed by atoms with Gasteiger partial charge in [0.25, 0.3) is 0 Å². The molecule has 0 aromatic carbocycles. The summed E-state index contributed by atoms with van der Waals surface area (Å²) in [5, 5.41) is 12.0. The lowest BCUT2D eigenvalue weighted by Gasteiger charge is -2.15. The van der Waals surface area contributed by atoms with Crippen LogP contribution in [-0.2, 0) is 0 Å². The summed E-state index contributed by atoms with van der Waals surface area (Å²) in [5.74, 6) is 0.687. The Balaban J connectivity index is 3.46. The summed E-state index contributed by atoms with van der Waals surface area (Å²) in [5.41, 5.74) is 5.47. The first-order chi connectivity index (χ1) is 6.74. The average Bonchev–Trinajstić information content (AvgIpc) is 2.17. The number of nitriles is 1. The molecule has 0 aliphatic heterocycles. The second-order valence-electron chi connectivity index (χ2n) is 3.89. The van der Waals surface area contributed by atoms with Gasteiger partial charge in [0, 0.05) is 6.04 Å². The molecule has 0 heterocycles. The van der Waals surface area contributed by atoms with E-state index in [0.29, 0.717) is 18.4 Å². The number of rotatable bonds is 8. The lowest BCUT2D eigenvalue weighted by atomic mass is 10.0. The van der Waals surface area contributed by atoms with E-state index in [9.17, 15) is 0 Å². The van der Waals surface area contributed by atoms with Gasteiger partial charge in [-0.2, -0.15) is 5.26 Å². The first kappa shape index (κ1) is 13.4. The van der Waals surface area contributed by atoms with Gasteiger partial charge >= 0.3 is 0 Å². The molecule has 3 nitrogen and oxygen atoms in total. The predicted octanol–water partition coefficient (Wildman–Crippen LogP) is 1.64. The largest absolute Gasteiger partial charge is 0.330 e. The van der Waals surface area contributed by atoms with Crippen LogP contribution in [-0.4, -0.2) is 19.1 Å². The summed E-state index contributed by atoms with van der Waals surface area (Å²) in [6, 6.07) is 2.57. The lowest BCUT2D eigenvalue weighted by Crippen LogP contribution is -2.29. The number of nitrogens with one attached hydrogen (secondary N) is 1. The predicted molar refractivity (Wildman–Crippen MR) is 59.8 cm³/mol. The van der Waals surface area contributed by atoms with E-state index in [0.717, 1.165) is 32.4 Å². The van der Waals surface area contributed by atoms with Crippen molar-refractivity contribution in [2.75, 3.05) is 13.1 Å². The van der Waals surface area contributed by atoms with E-state index in [4.69, 9.17) is 11.0 Å². The summed E-state index contributed by atoms with van der Waals surface area (Å²) < 4.78 is 0. The number of nitrogens with two attached hydrogens (primary N) is 1. The summed E-state index contributed by atoms with van der Waals surface area (Å²) >= 11 is 0. The standard InChI is InChI=1S/C11H23N3/c1-3-11(5-8-13)14-9-6-10(2)4-7-12/h10-11,14H,3-7,9,12H2,1-2H3. The third-order valence-electron chi connectivity index (χ3n) is 2.56. The van der Waals surface area contributed by atoms with Crippen LogP contribution in [0.3, 0.4) is 0 Å². The fourth-order valence-electron chi connectivity index (χ4n) is 1.43. The lowest BCUT2D eigenvalue weighted by molar-refractivity contribution is 0.434. The van der Waals surface area contributed by atoms with Crippen LogP contribution in [0.5, 0.6) is 0 Å². The Kier molecular flexibility index (Phi) is 8.61. The number of nitrogens with zero attached hydrogens (tertiary/aromatic N) is 1. The minimum atomic E-state index is 0.366. The quantitative estimate of drug-likeness (QED) is 0.622. The van der Waals surface area contributed by atoms with Gasteiger partial charge in [-0.1, -0.05) is 13.8 Å². The van der Waals surface area contributed by atoms with Crippen LogP contribution in [0.25, 0.3) is 0 Å². The smallest absolute Gasteiger partial charge is 0.0638 e.